The molecule has 0 aliphatic carbocycles. The highest BCUT2D eigenvalue weighted by Gasteiger charge is 1.73. The molecule has 0 radical (unpaired) electrons. The Morgan fingerprint density at radius 2 is 2.00 bits per heavy atom. The van der Waals surface area contributed by atoms with Gasteiger partial charge in [-0.05, 0) is 12.2 Å². The Morgan fingerprint density at radius 3 is 3.00 bits per heavy atom. The average Bonchev–Trinajstić information content (AvgIpc) is 2.01. The first kappa shape index (κ1) is 6.81. The zero-order valence-corrected chi connectivity index (χ0v) is 5.60. The minimum absolute atomic E-state index is 0.536. The molecule has 0 aromatic carbocycles. The molecule has 1 rings (SSSR count). The van der Waals surface area contributed by atoms with Crippen LogP contribution in [0.5, 0.6) is 0 Å². The molecular weight excluding hydrogens is 126 g/mol. The summed E-state index contributed by atoms with van der Waals surface area (Å²) in [6.07, 6.45) is 12.6. The molecule has 1 aliphatic rings. The van der Waals surface area contributed by atoms with Gasteiger partial charge in [0.25, 0.3) is 0 Å². The lowest BCUT2D eigenvalue weighted by molar-refractivity contribution is 0.306. The summed E-state index contributed by atoms with van der Waals surface area (Å²) in [6.45, 7) is 0.536. The van der Waals surface area contributed by atoms with Gasteiger partial charge in [0.15, 0.2) is 0 Å². The van der Waals surface area contributed by atoms with Gasteiger partial charge in [0.1, 0.15) is 6.61 Å². The third kappa shape index (κ3) is 2.87. The summed E-state index contributed by atoms with van der Waals surface area (Å²) in [5, 5.41) is 0. The molecule has 0 aromatic heterocycles. The lowest BCUT2D eigenvalue weighted by Gasteiger charge is -1.91. The summed E-state index contributed by atoms with van der Waals surface area (Å²) in [4.78, 5) is 3.92. The third-order valence-electron chi connectivity index (χ3n) is 0.956. The Balaban J connectivity index is 2.53. The second-order valence-electron chi connectivity index (χ2n) is 1.72. The van der Waals surface area contributed by atoms with Gasteiger partial charge in [0.05, 0.1) is 6.26 Å². The zero-order valence-electron chi connectivity index (χ0n) is 5.60. The minimum Gasteiger partial charge on any atom is -0.496 e. The maximum atomic E-state index is 5.00. The molecule has 1 aliphatic heterocycles. The van der Waals surface area contributed by atoms with Crippen LogP contribution in [0.25, 0.3) is 0 Å². The van der Waals surface area contributed by atoms with Crippen LogP contribution in [0.3, 0.4) is 0 Å². The van der Waals surface area contributed by atoms with Gasteiger partial charge in [-0.1, -0.05) is 12.2 Å². The summed E-state index contributed by atoms with van der Waals surface area (Å²) < 4.78 is 5.00. The molecule has 0 bridgehead atoms. The average molecular weight is 135 g/mol. The molecule has 0 amide bonds. The fourth-order valence-electron chi connectivity index (χ4n) is 0.531. The quantitative estimate of drug-likeness (QED) is 0.495. The third-order valence-corrected chi connectivity index (χ3v) is 0.956. The van der Waals surface area contributed by atoms with Crippen LogP contribution in [0.15, 0.2) is 41.8 Å². The van der Waals surface area contributed by atoms with E-state index in [9.17, 15) is 0 Å². The van der Waals surface area contributed by atoms with Gasteiger partial charge in [-0.15, -0.1) is 0 Å². The molecule has 10 heavy (non-hydrogen) atoms. The van der Waals surface area contributed by atoms with Crippen molar-refractivity contribution >= 4 is 6.21 Å². The number of hydrogen-bond donors (Lipinski definition) is 0. The normalized spacial score (nSPS) is 26.4. The highest BCUT2D eigenvalue weighted by atomic mass is 16.5. The molecule has 2 heteroatoms. The smallest absolute Gasteiger partial charge is 0.122 e. The molecule has 0 spiro atoms. The molecule has 0 N–H and O–H groups in total. The molecule has 52 valence electrons. The maximum Gasteiger partial charge on any atom is 0.122 e. The van der Waals surface area contributed by atoms with Gasteiger partial charge in [0.2, 0.25) is 0 Å². The molecule has 0 saturated carbocycles. The number of rotatable bonds is 0. The largest absolute Gasteiger partial charge is 0.496 e. The predicted molar refractivity (Wildman–Crippen MR) is 41.9 cm³/mol. The highest BCUT2D eigenvalue weighted by molar-refractivity contribution is 5.59. The summed E-state index contributed by atoms with van der Waals surface area (Å²) in [5.41, 5.74) is 0. The molecule has 0 unspecified atom stereocenters. The van der Waals surface area contributed by atoms with E-state index in [1.165, 1.54) is 0 Å². The van der Waals surface area contributed by atoms with Crippen LogP contribution in [-0.4, -0.2) is 12.8 Å². The van der Waals surface area contributed by atoms with Crippen LogP contribution in [0.1, 0.15) is 0 Å². The van der Waals surface area contributed by atoms with E-state index < -0.39 is 0 Å². The lowest BCUT2D eigenvalue weighted by atomic mass is 10.4. The Hall–Kier alpha value is -1.31. The Morgan fingerprint density at radius 1 is 1.10 bits per heavy atom. The number of ether oxygens (including phenoxy) is 1. The van der Waals surface area contributed by atoms with Crippen molar-refractivity contribution < 1.29 is 4.74 Å². The van der Waals surface area contributed by atoms with Crippen LogP contribution < -0.4 is 0 Å². The van der Waals surface area contributed by atoms with Gasteiger partial charge in [-0.2, -0.15) is 0 Å². The fraction of sp³-hybridized carbons (Fsp3) is 0.125. The first-order chi connectivity index (χ1) is 5.00. The number of aliphatic imine (C=N–C) groups is 1. The first-order valence-corrected chi connectivity index (χ1v) is 3.12. The summed E-state index contributed by atoms with van der Waals surface area (Å²) in [5.74, 6) is 0. The van der Waals surface area contributed by atoms with Crippen LogP contribution in [-0.2, 0) is 4.74 Å². The van der Waals surface area contributed by atoms with E-state index in [2.05, 4.69) is 4.99 Å². The van der Waals surface area contributed by atoms with E-state index >= 15 is 0 Å². The van der Waals surface area contributed by atoms with E-state index in [-0.39, 0.29) is 0 Å². The molecule has 0 atom stereocenters. The van der Waals surface area contributed by atoms with Crippen molar-refractivity contribution in [2.24, 2.45) is 4.99 Å². The fourth-order valence-corrected chi connectivity index (χ4v) is 0.531. The van der Waals surface area contributed by atoms with Gasteiger partial charge in [-0.3, -0.25) is 4.99 Å². The van der Waals surface area contributed by atoms with Crippen LogP contribution in [0.2, 0.25) is 0 Å². The van der Waals surface area contributed by atoms with Crippen molar-refractivity contribution in [3.63, 3.8) is 0 Å². The van der Waals surface area contributed by atoms with Crippen LogP contribution >= 0.6 is 0 Å². The first-order valence-electron chi connectivity index (χ1n) is 3.12. The van der Waals surface area contributed by atoms with Crippen LogP contribution in [0.4, 0.5) is 0 Å². The monoisotopic (exact) mass is 135 g/mol. The van der Waals surface area contributed by atoms with Crippen molar-refractivity contribution in [2.45, 2.75) is 0 Å². The number of hydrogen-bond acceptors (Lipinski definition) is 2. The summed E-state index contributed by atoms with van der Waals surface area (Å²) >= 11 is 0. The lowest BCUT2D eigenvalue weighted by Crippen LogP contribution is -1.86. The molecule has 0 saturated heterocycles. The standard InChI is InChI=1S/C8H9NO/c1-2-4-7-10-8-6-9-5-3-1/h1-7H,8H2/b2-1-,5-3-,7-4-,9-6?. The van der Waals surface area contributed by atoms with Gasteiger partial charge >= 0.3 is 0 Å². The van der Waals surface area contributed by atoms with E-state index in [1.807, 2.05) is 24.3 Å². The number of nitrogens with zero attached hydrogens (tertiary/aromatic N) is 1. The summed E-state index contributed by atoms with van der Waals surface area (Å²) in [7, 11) is 0. The Labute approximate surface area is 60.2 Å². The second kappa shape index (κ2) is 4.56. The van der Waals surface area contributed by atoms with Crippen molar-refractivity contribution in [1.29, 1.82) is 0 Å². The van der Waals surface area contributed by atoms with Crippen molar-refractivity contribution in [3.8, 4) is 0 Å². The second-order valence-corrected chi connectivity index (χ2v) is 1.72. The van der Waals surface area contributed by atoms with Crippen molar-refractivity contribution in [1.82, 2.24) is 0 Å². The van der Waals surface area contributed by atoms with Gasteiger partial charge in [0, 0.05) is 12.4 Å². The Kier molecular flexibility index (Phi) is 3.10. The minimum atomic E-state index is 0.536. The molecule has 0 fully saturated rings. The zero-order chi connectivity index (χ0) is 7.07. The van der Waals surface area contributed by atoms with E-state index in [0.29, 0.717) is 6.61 Å². The van der Waals surface area contributed by atoms with Crippen molar-refractivity contribution in [3.05, 3.63) is 36.8 Å². The van der Waals surface area contributed by atoms with E-state index in [4.69, 9.17) is 4.74 Å². The van der Waals surface area contributed by atoms with Crippen LogP contribution in [0, 0.1) is 0 Å². The van der Waals surface area contributed by atoms with Gasteiger partial charge in [-0.25, -0.2) is 0 Å². The maximum absolute atomic E-state index is 5.00. The molecule has 1 heterocycles. The molecule has 0 aromatic rings. The topological polar surface area (TPSA) is 21.6 Å². The van der Waals surface area contributed by atoms with E-state index in [1.54, 1.807) is 18.7 Å². The number of allylic oxidation sites excluding steroid dienone is 4. The molecule has 2 nitrogen and oxygen atoms in total. The van der Waals surface area contributed by atoms with Gasteiger partial charge < -0.3 is 4.74 Å². The Bertz CT molecular complexity index is 167. The highest BCUT2D eigenvalue weighted by Crippen LogP contribution is 1.84. The van der Waals surface area contributed by atoms with Crippen molar-refractivity contribution in [2.75, 3.05) is 6.61 Å². The SMILES string of the molecule is C1=N\C=C/C=C\C=C/OC1. The van der Waals surface area contributed by atoms with E-state index in [0.717, 1.165) is 0 Å². The predicted octanol–water partition coefficient (Wildman–Crippen LogP) is 1.67. The molecular formula is C8H9NO. The summed E-state index contributed by atoms with van der Waals surface area (Å²) in [6, 6.07) is 0.